The summed E-state index contributed by atoms with van der Waals surface area (Å²) in [6, 6.07) is 16.6. The van der Waals surface area contributed by atoms with Gasteiger partial charge < -0.3 is 10.2 Å². The summed E-state index contributed by atoms with van der Waals surface area (Å²) in [6.07, 6.45) is 1.23. The number of rotatable bonds is 7. The molecule has 0 atom stereocenters. The summed E-state index contributed by atoms with van der Waals surface area (Å²) in [7, 11) is -4.35. The molecule has 2 N–H and O–H groups in total. The van der Waals surface area contributed by atoms with Crippen molar-refractivity contribution in [1.82, 2.24) is 4.90 Å². The van der Waals surface area contributed by atoms with Crippen LogP contribution in [-0.4, -0.2) is 29.8 Å². The Morgan fingerprint density at radius 3 is 2.46 bits per heavy atom. The van der Waals surface area contributed by atoms with Gasteiger partial charge >= 0.3 is 0 Å². The number of nitrogens with zero attached hydrogens (tertiary/aromatic N) is 2. The van der Waals surface area contributed by atoms with Gasteiger partial charge in [0.25, 0.3) is 16.0 Å². The number of carbonyl (C=O) groups excluding carboxylic acids is 1. The summed E-state index contributed by atoms with van der Waals surface area (Å²) in [6.45, 7) is 4.08. The van der Waals surface area contributed by atoms with Gasteiger partial charge in [-0.3, -0.25) is 9.35 Å². The van der Waals surface area contributed by atoms with Crippen LogP contribution in [0.1, 0.15) is 19.4 Å². The van der Waals surface area contributed by atoms with Crippen LogP contribution in [0.4, 0.5) is 5.69 Å². The van der Waals surface area contributed by atoms with E-state index in [0.717, 1.165) is 5.56 Å². The number of nitrogens with one attached hydrogen (secondary N) is 1. The molecule has 0 aliphatic heterocycles. The van der Waals surface area contributed by atoms with Gasteiger partial charge in [0.05, 0.1) is 4.90 Å². The maximum Gasteiger partial charge on any atom is 0.294 e. The molecule has 0 aromatic heterocycles. The van der Waals surface area contributed by atoms with E-state index in [1.807, 2.05) is 50.2 Å². The number of anilines is 1. The van der Waals surface area contributed by atoms with Gasteiger partial charge in [0.2, 0.25) is 0 Å². The lowest BCUT2D eigenvalue weighted by Gasteiger charge is -2.26. The van der Waals surface area contributed by atoms with E-state index >= 15 is 0 Å². The highest BCUT2D eigenvalue weighted by molar-refractivity contribution is 7.85. The molecule has 0 aliphatic rings. The molecule has 28 heavy (non-hydrogen) atoms. The molecule has 0 saturated heterocycles. The summed E-state index contributed by atoms with van der Waals surface area (Å²) < 4.78 is 31.6. The zero-order valence-electron chi connectivity index (χ0n) is 15.5. The average molecular weight is 399 g/mol. The van der Waals surface area contributed by atoms with Crippen molar-refractivity contribution in [2.75, 3.05) is 5.32 Å². The number of amides is 1. The smallest absolute Gasteiger partial charge is 0.294 e. The lowest BCUT2D eigenvalue weighted by Crippen LogP contribution is -2.37. The highest BCUT2D eigenvalue weighted by atomic mass is 32.2. The first-order valence-electron chi connectivity index (χ1n) is 8.51. The van der Waals surface area contributed by atoms with Gasteiger partial charge in [0.15, 0.2) is 0 Å². The number of nitriles is 1. The Morgan fingerprint density at radius 1 is 1.21 bits per heavy atom. The first-order valence-corrected chi connectivity index (χ1v) is 9.95. The molecule has 1 amide bonds. The van der Waals surface area contributed by atoms with Gasteiger partial charge in [-0.1, -0.05) is 36.4 Å². The normalized spacial score (nSPS) is 11.8. The van der Waals surface area contributed by atoms with Crippen LogP contribution >= 0.6 is 0 Å². The van der Waals surface area contributed by atoms with Gasteiger partial charge in [-0.05, 0) is 37.6 Å². The SMILES string of the molecule is CC(C)N(Cc1ccccc1)C(=O)/C(C#N)=C\Nc1cccc(S(=O)(=O)O)c1. The third-order valence-corrected chi connectivity index (χ3v) is 4.80. The van der Waals surface area contributed by atoms with Gasteiger partial charge in [0, 0.05) is 24.5 Å². The molecule has 8 heteroatoms. The van der Waals surface area contributed by atoms with Gasteiger partial charge in [-0.15, -0.1) is 0 Å². The molecule has 0 unspecified atom stereocenters. The molecule has 7 nitrogen and oxygen atoms in total. The minimum absolute atomic E-state index is 0.123. The highest BCUT2D eigenvalue weighted by Crippen LogP contribution is 2.17. The zero-order valence-corrected chi connectivity index (χ0v) is 16.3. The summed E-state index contributed by atoms with van der Waals surface area (Å²) in [5.41, 5.74) is 1.13. The van der Waals surface area contributed by atoms with Crippen LogP contribution in [-0.2, 0) is 21.5 Å². The predicted molar refractivity (Wildman–Crippen MR) is 106 cm³/mol. The van der Waals surface area contributed by atoms with Crippen molar-refractivity contribution in [3.63, 3.8) is 0 Å². The molecule has 2 aromatic carbocycles. The quantitative estimate of drug-likeness (QED) is 0.420. The topological polar surface area (TPSA) is 111 Å². The van der Waals surface area contributed by atoms with Crippen LogP contribution in [0, 0.1) is 11.3 Å². The van der Waals surface area contributed by atoms with E-state index in [2.05, 4.69) is 5.32 Å². The molecule has 0 saturated carbocycles. The van der Waals surface area contributed by atoms with Crippen LogP contribution in [0.25, 0.3) is 0 Å². The molecule has 0 radical (unpaired) electrons. The maximum absolute atomic E-state index is 12.8. The minimum Gasteiger partial charge on any atom is -0.360 e. The Morgan fingerprint density at radius 2 is 1.89 bits per heavy atom. The summed E-state index contributed by atoms with van der Waals surface area (Å²) >= 11 is 0. The Kier molecular flexibility index (Phi) is 6.93. The molecule has 0 heterocycles. The number of carbonyl (C=O) groups is 1. The third kappa shape index (κ3) is 5.67. The predicted octanol–water partition coefficient (Wildman–Crippen LogP) is 3.19. The molecule has 0 bridgehead atoms. The molecule has 146 valence electrons. The van der Waals surface area contributed by atoms with Crippen LogP contribution in [0.15, 0.2) is 71.3 Å². The lowest BCUT2D eigenvalue weighted by molar-refractivity contribution is -0.129. The van der Waals surface area contributed by atoms with Crippen molar-refractivity contribution in [1.29, 1.82) is 5.26 Å². The summed E-state index contributed by atoms with van der Waals surface area (Å²) in [5.74, 6) is -0.445. The largest absolute Gasteiger partial charge is 0.360 e. The van der Waals surface area contributed by atoms with Gasteiger partial charge in [-0.25, -0.2) is 0 Å². The Bertz CT molecular complexity index is 1010. The molecular weight excluding hydrogens is 378 g/mol. The second-order valence-corrected chi connectivity index (χ2v) is 7.75. The van der Waals surface area contributed by atoms with E-state index in [1.165, 1.54) is 24.4 Å². The molecule has 2 aromatic rings. The van der Waals surface area contributed by atoms with Crippen molar-refractivity contribution in [3.8, 4) is 6.07 Å². The molecule has 0 aliphatic carbocycles. The minimum atomic E-state index is -4.35. The standard InChI is InChI=1S/C20H21N3O4S/c1-15(2)23(14-16-7-4-3-5-8-16)20(24)17(12-21)13-22-18-9-6-10-19(11-18)28(25,26)27/h3-11,13,15,22H,14H2,1-2H3,(H,25,26,27)/b17-13-. The fourth-order valence-corrected chi connectivity index (χ4v) is 2.99. The molecule has 0 fully saturated rings. The van der Waals surface area contributed by atoms with Crippen LogP contribution in [0.3, 0.4) is 0 Å². The molecular formula is C20H21N3O4S. The van der Waals surface area contributed by atoms with E-state index in [-0.39, 0.29) is 16.5 Å². The highest BCUT2D eigenvalue weighted by Gasteiger charge is 2.21. The number of hydrogen-bond donors (Lipinski definition) is 2. The van der Waals surface area contributed by atoms with E-state index in [4.69, 9.17) is 4.55 Å². The fourth-order valence-electron chi connectivity index (χ4n) is 2.47. The lowest BCUT2D eigenvalue weighted by atomic mass is 10.1. The first-order chi connectivity index (χ1) is 13.2. The average Bonchev–Trinajstić information content (AvgIpc) is 2.66. The van der Waals surface area contributed by atoms with Crippen LogP contribution < -0.4 is 5.32 Å². The van der Waals surface area contributed by atoms with Gasteiger partial charge in [-0.2, -0.15) is 13.7 Å². The zero-order chi connectivity index (χ0) is 20.7. The first kappa shape index (κ1) is 21.2. The van der Waals surface area contributed by atoms with E-state index < -0.39 is 16.0 Å². The van der Waals surface area contributed by atoms with E-state index in [1.54, 1.807) is 11.0 Å². The monoisotopic (exact) mass is 399 g/mol. The van der Waals surface area contributed by atoms with Crippen molar-refractivity contribution in [3.05, 3.63) is 71.9 Å². The van der Waals surface area contributed by atoms with Crippen molar-refractivity contribution >= 4 is 21.7 Å². The second kappa shape index (κ2) is 9.17. The van der Waals surface area contributed by atoms with Gasteiger partial charge in [0.1, 0.15) is 11.6 Å². The number of benzene rings is 2. The van der Waals surface area contributed by atoms with Crippen molar-refractivity contribution < 1.29 is 17.8 Å². The number of hydrogen-bond acceptors (Lipinski definition) is 5. The van der Waals surface area contributed by atoms with E-state index in [0.29, 0.717) is 12.2 Å². The summed E-state index contributed by atoms with van der Waals surface area (Å²) in [5, 5.41) is 12.2. The fraction of sp³-hybridized carbons (Fsp3) is 0.200. The van der Waals surface area contributed by atoms with E-state index in [9.17, 15) is 18.5 Å². The van der Waals surface area contributed by atoms with Crippen molar-refractivity contribution in [2.45, 2.75) is 31.3 Å². The van der Waals surface area contributed by atoms with Crippen LogP contribution in [0.2, 0.25) is 0 Å². The molecule has 2 rings (SSSR count). The van der Waals surface area contributed by atoms with Crippen molar-refractivity contribution in [2.24, 2.45) is 0 Å². The molecule has 0 spiro atoms. The Labute approximate surface area is 164 Å². The summed E-state index contributed by atoms with van der Waals surface area (Å²) in [4.78, 5) is 14.1. The second-order valence-electron chi connectivity index (χ2n) is 6.33. The third-order valence-electron chi connectivity index (χ3n) is 3.95. The Balaban J connectivity index is 2.22. The van der Waals surface area contributed by atoms with Crippen LogP contribution in [0.5, 0.6) is 0 Å². The Hall–Kier alpha value is -3.15. The maximum atomic E-state index is 12.8.